The van der Waals surface area contributed by atoms with Crippen LogP contribution < -0.4 is 0 Å². The Balaban J connectivity index is 1.66. The molecule has 1 saturated heterocycles. The maximum atomic E-state index is 13.3. The molecule has 0 saturated carbocycles. The van der Waals surface area contributed by atoms with Crippen molar-refractivity contribution in [3.8, 4) is 6.07 Å². The fourth-order valence-corrected chi connectivity index (χ4v) is 4.60. The van der Waals surface area contributed by atoms with Crippen molar-refractivity contribution >= 4 is 46.6 Å². The van der Waals surface area contributed by atoms with Gasteiger partial charge >= 0.3 is 0 Å². The van der Waals surface area contributed by atoms with E-state index in [0.29, 0.717) is 39.3 Å². The van der Waals surface area contributed by atoms with E-state index in [4.69, 9.17) is 40.1 Å². The molecule has 0 N–H and O–H groups in total. The first kappa shape index (κ1) is 24.0. The van der Waals surface area contributed by atoms with E-state index in [1.165, 1.54) is 12.3 Å². The molecule has 6 nitrogen and oxygen atoms in total. The summed E-state index contributed by atoms with van der Waals surface area (Å²) < 4.78 is 0. The first-order chi connectivity index (χ1) is 16.3. The molecule has 0 aliphatic carbocycles. The molecule has 1 fully saturated rings. The molecular weight excluding hydrogens is 495 g/mol. The van der Waals surface area contributed by atoms with Gasteiger partial charge in [0.1, 0.15) is 5.69 Å². The van der Waals surface area contributed by atoms with Crippen LogP contribution in [0.25, 0.3) is 0 Å². The number of amides is 2. The molecule has 0 radical (unpaired) electrons. The molecule has 9 heteroatoms. The number of nitriles is 1. The number of carbonyl (C=O) groups is 2. The molecule has 2 amide bonds. The highest BCUT2D eigenvalue weighted by Gasteiger charge is 2.40. The highest BCUT2D eigenvalue weighted by atomic mass is 35.5. The van der Waals surface area contributed by atoms with Crippen molar-refractivity contribution in [2.75, 3.05) is 20.1 Å². The number of hydrogen-bond acceptors (Lipinski definition) is 4. The summed E-state index contributed by atoms with van der Waals surface area (Å²) in [4.78, 5) is 33.9. The maximum Gasteiger partial charge on any atom is 0.272 e. The minimum atomic E-state index is -0.340. The van der Waals surface area contributed by atoms with Crippen LogP contribution in [0.5, 0.6) is 0 Å². The van der Waals surface area contributed by atoms with Crippen LogP contribution in [-0.2, 0) is 0 Å². The predicted octanol–water partition coefficient (Wildman–Crippen LogP) is 5.29. The number of halogens is 3. The van der Waals surface area contributed by atoms with E-state index in [1.807, 2.05) is 12.1 Å². The lowest BCUT2D eigenvalue weighted by Crippen LogP contribution is -2.42. The van der Waals surface area contributed by atoms with Gasteiger partial charge in [-0.15, -0.1) is 0 Å². The van der Waals surface area contributed by atoms with Gasteiger partial charge in [-0.2, -0.15) is 5.26 Å². The largest absolute Gasteiger partial charge is 0.336 e. The summed E-state index contributed by atoms with van der Waals surface area (Å²) in [6, 6.07) is 16.6. The van der Waals surface area contributed by atoms with Crippen LogP contribution in [0, 0.1) is 11.3 Å². The molecule has 4 rings (SSSR count). The Morgan fingerprint density at radius 3 is 2.41 bits per heavy atom. The Morgan fingerprint density at radius 1 is 1.03 bits per heavy atom. The fourth-order valence-electron chi connectivity index (χ4n) is 4.14. The third kappa shape index (κ3) is 4.88. The molecule has 0 bridgehead atoms. The van der Waals surface area contributed by atoms with E-state index in [9.17, 15) is 9.59 Å². The van der Waals surface area contributed by atoms with Crippen LogP contribution in [0.1, 0.15) is 37.9 Å². The van der Waals surface area contributed by atoms with Gasteiger partial charge in [0.2, 0.25) is 0 Å². The molecule has 2 aromatic carbocycles. The number of hydrogen-bond donors (Lipinski definition) is 0. The Labute approximate surface area is 212 Å². The van der Waals surface area contributed by atoms with Crippen molar-refractivity contribution in [3.05, 3.63) is 98.2 Å². The Hall–Kier alpha value is -3.11. The SMILES string of the molecule is CN(C(=O)c1cc(Cl)ccn1)[C@@H]1CN(C(=O)c2ccc(C#N)cc2)C[C@H]1c1ccc(Cl)c(Cl)c1. The fraction of sp³-hybridized carbons (Fsp3) is 0.200. The van der Waals surface area contributed by atoms with Gasteiger partial charge in [-0.05, 0) is 54.1 Å². The lowest BCUT2D eigenvalue weighted by atomic mass is 9.93. The number of nitrogens with zero attached hydrogens (tertiary/aromatic N) is 4. The van der Waals surface area contributed by atoms with Crippen molar-refractivity contribution < 1.29 is 9.59 Å². The number of rotatable bonds is 4. The van der Waals surface area contributed by atoms with Gasteiger partial charge in [0.05, 0.1) is 27.7 Å². The van der Waals surface area contributed by atoms with E-state index in [-0.39, 0.29) is 29.5 Å². The number of pyridine rings is 1. The quantitative estimate of drug-likeness (QED) is 0.475. The first-order valence-electron chi connectivity index (χ1n) is 10.4. The van der Waals surface area contributed by atoms with Crippen molar-refractivity contribution in [1.82, 2.24) is 14.8 Å². The highest BCUT2D eigenvalue weighted by Crippen LogP contribution is 2.35. The third-order valence-corrected chi connectivity index (χ3v) is 6.94. The van der Waals surface area contributed by atoms with Crippen molar-refractivity contribution in [3.63, 3.8) is 0 Å². The van der Waals surface area contributed by atoms with Crippen molar-refractivity contribution in [1.29, 1.82) is 5.26 Å². The number of likely N-dealkylation sites (N-methyl/N-ethyl adjacent to an activating group) is 1. The normalized spacial score (nSPS) is 17.3. The average molecular weight is 514 g/mol. The number of carbonyl (C=O) groups excluding carboxylic acids is 2. The molecule has 1 aromatic heterocycles. The Kier molecular flexibility index (Phi) is 7.08. The molecule has 2 atom stereocenters. The van der Waals surface area contributed by atoms with Crippen LogP contribution in [0.4, 0.5) is 0 Å². The Bertz CT molecular complexity index is 1290. The second kappa shape index (κ2) is 10.0. The smallest absolute Gasteiger partial charge is 0.272 e. The van der Waals surface area contributed by atoms with Gasteiger partial charge in [-0.3, -0.25) is 14.6 Å². The van der Waals surface area contributed by atoms with Gasteiger partial charge in [0, 0.05) is 42.8 Å². The average Bonchev–Trinajstić information content (AvgIpc) is 3.30. The lowest BCUT2D eigenvalue weighted by Gasteiger charge is -2.29. The van der Waals surface area contributed by atoms with E-state index in [0.717, 1.165) is 5.56 Å². The zero-order valence-corrected chi connectivity index (χ0v) is 20.3. The molecule has 0 unspecified atom stereocenters. The second-order valence-corrected chi connectivity index (χ2v) is 9.27. The summed E-state index contributed by atoms with van der Waals surface area (Å²) in [7, 11) is 1.69. The van der Waals surface area contributed by atoms with Gasteiger partial charge < -0.3 is 9.80 Å². The van der Waals surface area contributed by atoms with E-state index >= 15 is 0 Å². The highest BCUT2D eigenvalue weighted by molar-refractivity contribution is 6.42. The number of benzene rings is 2. The van der Waals surface area contributed by atoms with Crippen LogP contribution in [0.2, 0.25) is 15.1 Å². The molecule has 172 valence electrons. The zero-order chi connectivity index (χ0) is 24.4. The van der Waals surface area contributed by atoms with Crippen molar-refractivity contribution in [2.24, 2.45) is 0 Å². The predicted molar refractivity (Wildman–Crippen MR) is 131 cm³/mol. The van der Waals surface area contributed by atoms with Crippen LogP contribution in [-0.4, -0.2) is 52.8 Å². The summed E-state index contributed by atoms with van der Waals surface area (Å²) in [5, 5.41) is 10.3. The molecule has 1 aliphatic rings. The van der Waals surface area contributed by atoms with Gasteiger partial charge in [0.15, 0.2) is 0 Å². The number of aromatic nitrogens is 1. The third-order valence-electron chi connectivity index (χ3n) is 5.97. The summed E-state index contributed by atoms with van der Waals surface area (Å²) >= 11 is 18.4. The summed E-state index contributed by atoms with van der Waals surface area (Å²) in [6.07, 6.45) is 1.48. The standard InChI is InChI=1S/C25H19Cl3N4O2/c1-31(25(34)22-11-18(26)8-9-30-22)23-14-32(24(33)16-4-2-15(12-29)3-5-16)13-19(23)17-6-7-20(27)21(28)10-17/h2-11,19,23H,13-14H2,1H3/t19-,23+/m0/s1. The maximum absolute atomic E-state index is 13.3. The lowest BCUT2D eigenvalue weighted by molar-refractivity contribution is 0.0691. The molecule has 34 heavy (non-hydrogen) atoms. The molecule has 2 heterocycles. The van der Waals surface area contributed by atoms with Crippen LogP contribution in [0.15, 0.2) is 60.8 Å². The second-order valence-electron chi connectivity index (χ2n) is 8.02. The monoisotopic (exact) mass is 512 g/mol. The number of likely N-dealkylation sites (tertiary alicyclic amines) is 1. The minimum Gasteiger partial charge on any atom is -0.336 e. The Morgan fingerprint density at radius 2 is 1.76 bits per heavy atom. The molecule has 3 aromatic rings. The zero-order valence-electron chi connectivity index (χ0n) is 18.1. The molecular formula is C25H19Cl3N4O2. The van der Waals surface area contributed by atoms with Crippen LogP contribution in [0.3, 0.4) is 0 Å². The minimum absolute atomic E-state index is 0.182. The molecule has 1 aliphatic heterocycles. The van der Waals surface area contributed by atoms with Gasteiger partial charge in [-0.25, -0.2) is 0 Å². The summed E-state index contributed by atoms with van der Waals surface area (Å²) in [6.45, 7) is 0.689. The summed E-state index contributed by atoms with van der Waals surface area (Å²) in [5.74, 6) is -0.686. The topological polar surface area (TPSA) is 77.3 Å². The van der Waals surface area contributed by atoms with E-state index in [2.05, 4.69) is 4.98 Å². The molecule has 0 spiro atoms. The van der Waals surface area contributed by atoms with E-state index < -0.39 is 0 Å². The summed E-state index contributed by atoms with van der Waals surface area (Å²) in [5.41, 5.74) is 2.04. The first-order valence-corrected chi connectivity index (χ1v) is 11.5. The van der Waals surface area contributed by atoms with Gasteiger partial charge in [-0.1, -0.05) is 40.9 Å². The van der Waals surface area contributed by atoms with Crippen molar-refractivity contribution in [2.45, 2.75) is 12.0 Å². The van der Waals surface area contributed by atoms with Gasteiger partial charge in [0.25, 0.3) is 11.8 Å². The van der Waals surface area contributed by atoms with E-state index in [1.54, 1.807) is 59.3 Å². The van der Waals surface area contributed by atoms with Crippen LogP contribution >= 0.6 is 34.8 Å².